The van der Waals surface area contributed by atoms with E-state index in [1.54, 1.807) is 0 Å². The molecule has 1 saturated carbocycles. The van der Waals surface area contributed by atoms with Crippen LogP contribution in [0.3, 0.4) is 0 Å². The third kappa shape index (κ3) is 3.30. The van der Waals surface area contributed by atoms with Gasteiger partial charge in [-0.1, -0.05) is 0 Å². The lowest BCUT2D eigenvalue weighted by Crippen LogP contribution is -2.50. The van der Waals surface area contributed by atoms with Crippen molar-refractivity contribution in [3.05, 3.63) is 17.2 Å². The number of likely N-dealkylation sites (tertiary alicyclic amines) is 1. The molecule has 0 radical (unpaired) electrons. The largest absolute Gasteiger partial charge is 0.344 e. The molecule has 0 unspecified atom stereocenters. The zero-order valence-electron chi connectivity index (χ0n) is 15.0. The third-order valence-corrected chi connectivity index (χ3v) is 6.02. The average Bonchev–Trinajstić information content (AvgIpc) is 3.23. The van der Waals surface area contributed by atoms with Crippen LogP contribution in [-0.2, 0) is 17.6 Å². The predicted octanol–water partition coefficient (Wildman–Crippen LogP) is 2.23. The molecule has 3 aliphatic rings. The maximum Gasteiger partial charge on any atom is 0.235 e. The Hall–Kier alpha value is -1.87. The van der Waals surface area contributed by atoms with E-state index < -0.39 is 5.54 Å². The summed E-state index contributed by atoms with van der Waals surface area (Å²) in [5.41, 5.74) is 1.81. The first-order valence-electron chi connectivity index (χ1n) is 9.63. The van der Waals surface area contributed by atoms with Gasteiger partial charge in [0.05, 0.1) is 24.3 Å². The summed E-state index contributed by atoms with van der Waals surface area (Å²) in [6, 6.07) is 2.50. The molecule has 25 heavy (non-hydrogen) atoms. The van der Waals surface area contributed by atoms with Crippen molar-refractivity contribution in [2.24, 2.45) is 5.92 Å². The van der Waals surface area contributed by atoms with Crippen LogP contribution in [0.15, 0.2) is 0 Å². The molecule has 0 spiro atoms. The minimum absolute atomic E-state index is 0.0424. The molecule has 2 heterocycles. The molecule has 1 aliphatic heterocycles. The van der Waals surface area contributed by atoms with E-state index in [-0.39, 0.29) is 11.9 Å². The van der Waals surface area contributed by atoms with Crippen LogP contribution in [0.4, 0.5) is 0 Å². The zero-order chi connectivity index (χ0) is 17.4. The highest BCUT2D eigenvalue weighted by molar-refractivity contribution is 5.79. The number of carbonyl (C=O) groups is 1. The van der Waals surface area contributed by atoms with Gasteiger partial charge in [-0.25, -0.2) is 4.98 Å². The fourth-order valence-electron chi connectivity index (χ4n) is 4.35. The van der Waals surface area contributed by atoms with Crippen LogP contribution >= 0.6 is 0 Å². The molecule has 0 aromatic carbocycles. The number of fused-ring (bicyclic) bond motifs is 1. The molecular weight excluding hydrogens is 314 g/mol. The zero-order valence-corrected chi connectivity index (χ0v) is 15.0. The summed E-state index contributed by atoms with van der Waals surface area (Å²) >= 11 is 0. The monoisotopic (exact) mass is 341 g/mol. The van der Waals surface area contributed by atoms with Crippen molar-refractivity contribution in [3.8, 4) is 6.07 Å². The smallest absolute Gasteiger partial charge is 0.235 e. The highest BCUT2D eigenvalue weighted by Gasteiger charge is 2.43. The van der Waals surface area contributed by atoms with Crippen LogP contribution in [0.5, 0.6) is 0 Å². The van der Waals surface area contributed by atoms with Gasteiger partial charge in [-0.15, -0.1) is 0 Å². The van der Waals surface area contributed by atoms with Crippen molar-refractivity contribution in [1.29, 1.82) is 5.26 Å². The van der Waals surface area contributed by atoms with Crippen molar-refractivity contribution in [1.82, 2.24) is 20.2 Å². The first kappa shape index (κ1) is 16.6. The molecule has 6 heteroatoms. The van der Waals surface area contributed by atoms with E-state index in [1.807, 2.05) is 6.92 Å². The Morgan fingerprint density at radius 1 is 1.36 bits per heavy atom. The Morgan fingerprint density at radius 3 is 2.88 bits per heavy atom. The number of aromatic amines is 1. The maximum absolute atomic E-state index is 12.5. The minimum Gasteiger partial charge on any atom is -0.344 e. The first-order chi connectivity index (χ1) is 12.1. The van der Waals surface area contributed by atoms with E-state index in [1.165, 1.54) is 24.2 Å². The molecule has 1 amide bonds. The van der Waals surface area contributed by atoms with Crippen LogP contribution in [0.2, 0.25) is 0 Å². The van der Waals surface area contributed by atoms with Gasteiger partial charge in [-0.05, 0) is 70.8 Å². The number of imidazole rings is 1. The van der Waals surface area contributed by atoms with Gasteiger partial charge in [0.2, 0.25) is 5.91 Å². The summed E-state index contributed by atoms with van der Waals surface area (Å²) in [4.78, 5) is 23.1. The number of aryl methyl sites for hydroxylation is 2. The number of aromatic nitrogens is 2. The Bertz CT molecular complexity index is 678. The van der Waals surface area contributed by atoms with Gasteiger partial charge in [0.25, 0.3) is 0 Å². The van der Waals surface area contributed by atoms with Crippen molar-refractivity contribution >= 4 is 5.91 Å². The summed E-state index contributed by atoms with van der Waals surface area (Å²) in [5.74, 6) is 1.30. The molecule has 2 fully saturated rings. The maximum atomic E-state index is 12.5. The van der Waals surface area contributed by atoms with Crippen LogP contribution in [0.1, 0.15) is 68.7 Å². The van der Waals surface area contributed by atoms with Gasteiger partial charge in [0.15, 0.2) is 0 Å². The average molecular weight is 341 g/mol. The topological polar surface area (TPSA) is 84.8 Å². The van der Waals surface area contributed by atoms with Gasteiger partial charge in [-0.3, -0.25) is 9.69 Å². The molecule has 2 N–H and O–H groups in total. The summed E-state index contributed by atoms with van der Waals surface area (Å²) < 4.78 is 0. The minimum atomic E-state index is -0.712. The lowest BCUT2D eigenvalue weighted by Gasteiger charge is -2.27. The molecule has 1 saturated heterocycles. The highest BCUT2D eigenvalue weighted by atomic mass is 16.2. The number of nitrogens with one attached hydrogen (secondary N) is 2. The van der Waals surface area contributed by atoms with Crippen LogP contribution in [-0.4, -0.2) is 39.4 Å². The van der Waals surface area contributed by atoms with E-state index in [9.17, 15) is 10.1 Å². The standard InChI is InChI=1S/C19H27N5O/c1-19(12-20,13-8-9-13)23-17(25)11-24-10-4-7-16(24)18-21-14-5-2-3-6-15(14)22-18/h13,16H,2-11H2,1H3,(H,21,22)(H,23,25)/t16-,19+/m1/s1. The number of nitriles is 1. The fraction of sp³-hybridized carbons (Fsp3) is 0.737. The molecule has 2 aliphatic carbocycles. The fourth-order valence-corrected chi connectivity index (χ4v) is 4.35. The lowest BCUT2D eigenvalue weighted by atomic mass is 9.98. The summed E-state index contributed by atoms with van der Waals surface area (Å²) in [7, 11) is 0. The van der Waals surface area contributed by atoms with Gasteiger partial charge in [0, 0.05) is 5.69 Å². The second-order valence-corrected chi connectivity index (χ2v) is 8.02. The van der Waals surface area contributed by atoms with Gasteiger partial charge >= 0.3 is 0 Å². The number of rotatable bonds is 5. The van der Waals surface area contributed by atoms with Crippen LogP contribution in [0, 0.1) is 17.2 Å². The summed E-state index contributed by atoms with van der Waals surface area (Å²) in [5, 5.41) is 12.4. The molecule has 4 rings (SSSR count). The molecular formula is C19H27N5O. The van der Waals surface area contributed by atoms with Crippen molar-refractivity contribution in [3.63, 3.8) is 0 Å². The number of carbonyl (C=O) groups excluding carboxylic acids is 1. The van der Waals surface area contributed by atoms with Gasteiger partial charge < -0.3 is 10.3 Å². The van der Waals surface area contributed by atoms with Crippen LogP contribution in [0.25, 0.3) is 0 Å². The molecule has 1 aromatic rings. The van der Waals surface area contributed by atoms with E-state index >= 15 is 0 Å². The SMILES string of the molecule is C[C@@](C#N)(NC(=O)CN1CCC[C@@H]1c1nc2c([nH]1)CCCC2)C1CC1. The Balaban J connectivity index is 1.42. The third-order valence-electron chi connectivity index (χ3n) is 6.02. The van der Waals surface area contributed by atoms with Crippen molar-refractivity contribution in [2.45, 2.75) is 69.9 Å². The Kier molecular flexibility index (Phi) is 4.28. The van der Waals surface area contributed by atoms with E-state index in [4.69, 9.17) is 4.98 Å². The first-order valence-corrected chi connectivity index (χ1v) is 9.63. The Morgan fingerprint density at radius 2 is 2.16 bits per heavy atom. The van der Waals surface area contributed by atoms with E-state index in [0.717, 1.165) is 50.9 Å². The Labute approximate surface area is 149 Å². The molecule has 1 aromatic heterocycles. The normalized spacial score (nSPS) is 25.8. The second-order valence-electron chi connectivity index (χ2n) is 8.02. The molecule has 2 atom stereocenters. The number of hydrogen-bond acceptors (Lipinski definition) is 4. The molecule has 6 nitrogen and oxygen atoms in total. The summed E-state index contributed by atoms with van der Waals surface area (Å²) in [6.07, 6.45) is 8.82. The second kappa shape index (κ2) is 6.45. The van der Waals surface area contributed by atoms with Gasteiger partial charge in [-0.2, -0.15) is 5.26 Å². The molecule has 0 bridgehead atoms. The quantitative estimate of drug-likeness (QED) is 0.860. The van der Waals surface area contributed by atoms with E-state index in [2.05, 4.69) is 21.3 Å². The van der Waals surface area contributed by atoms with Crippen molar-refractivity contribution < 1.29 is 4.79 Å². The number of hydrogen-bond donors (Lipinski definition) is 2. The lowest BCUT2D eigenvalue weighted by molar-refractivity contribution is -0.123. The number of nitrogens with zero attached hydrogens (tertiary/aromatic N) is 3. The van der Waals surface area contributed by atoms with Gasteiger partial charge in [0.1, 0.15) is 11.4 Å². The predicted molar refractivity (Wildman–Crippen MR) is 93.7 cm³/mol. The number of amides is 1. The molecule has 134 valence electrons. The highest BCUT2D eigenvalue weighted by Crippen LogP contribution is 2.39. The van der Waals surface area contributed by atoms with Crippen LogP contribution < -0.4 is 5.32 Å². The van der Waals surface area contributed by atoms with E-state index in [0.29, 0.717) is 12.5 Å². The number of H-pyrrole nitrogens is 1. The van der Waals surface area contributed by atoms with Crippen molar-refractivity contribution in [2.75, 3.05) is 13.1 Å². The summed E-state index contributed by atoms with van der Waals surface area (Å²) in [6.45, 7) is 3.11.